The van der Waals surface area contributed by atoms with Crippen LogP contribution in [0.5, 0.6) is 23.0 Å². The summed E-state index contributed by atoms with van der Waals surface area (Å²) in [5.41, 5.74) is 3.05. The zero-order valence-corrected chi connectivity index (χ0v) is 23.9. The number of ether oxygens (including phenoxy) is 3. The van der Waals surface area contributed by atoms with Gasteiger partial charge in [0.25, 0.3) is 0 Å². The van der Waals surface area contributed by atoms with Crippen molar-refractivity contribution in [1.82, 2.24) is 0 Å². The lowest BCUT2D eigenvalue weighted by Crippen LogP contribution is -2.08. The SMILES string of the molecule is COc1c(-c2ccccc2)oc2c(OC)cccc2c1=O.COc1cc(O)c2c(=O)cc(C)oc2c1CC=C(C)C. The zero-order valence-electron chi connectivity index (χ0n) is 23.9. The Hall–Kier alpha value is -4.98. The third-order valence-electron chi connectivity index (χ3n) is 6.40. The number of aryl methyl sites for hydroxylation is 1. The van der Waals surface area contributed by atoms with Crippen molar-refractivity contribution in [2.75, 3.05) is 21.3 Å². The van der Waals surface area contributed by atoms with Crippen molar-refractivity contribution in [3.63, 3.8) is 0 Å². The molecule has 0 unspecified atom stereocenters. The fourth-order valence-corrected chi connectivity index (χ4v) is 4.44. The van der Waals surface area contributed by atoms with Crippen LogP contribution in [0.15, 0.2) is 90.7 Å². The van der Waals surface area contributed by atoms with Gasteiger partial charge in [0, 0.05) is 23.3 Å². The van der Waals surface area contributed by atoms with E-state index in [0.29, 0.717) is 46.0 Å². The molecule has 0 spiro atoms. The van der Waals surface area contributed by atoms with Crippen LogP contribution in [-0.2, 0) is 6.42 Å². The van der Waals surface area contributed by atoms with Crippen LogP contribution in [-0.4, -0.2) is 26.4 Å². The van der Waals surface area contributed by atoms with Gasteiger partial charge in [-0.15, -0.1) is 0 Å². The van der Waals surface area contributed by atoms with Crippen LogP contribution in [0.4, 0.5) is 0 Å². The highest BCUT2D eigenvalue weighted by atomic mass is 16.5. The molecule has 5 rings (SSSR count). The third kappa shape index (κ3) is 5.96. The zero-order chi connectivity index (χ0) is 29.7. The van der Waals surface area contributed by atoms with E-state index in [1.807, 2.05) is 50.3 Å². The Morgan fingerprint density at radius 2 is 1.56 bits per heavy atom. The lowest BCUT2D eigenvalue weighted by Gasteiger charge is -2.11. The molecule has 2 aromatic heterocycles. The first kappa shape index (κ1) is 29.0. The Kier molecular flexibility index (Phi) is 8.82. The fourth-order valence-electron chi connectivity index (χ4n) is 4.44. The molecule has 0 fully saturated rings. The molecule has 5 aromatic rings. The first-order valence-corrected chi connectivity index (χ1v) is 12.9. The van der Waals surface area contributed by atoms with Gasteiger partial charge in [0.15, 0.2) is 22.5 Å². The maximum Gasteiger partial charge on any atom is 0.235 e. The van der Waals surface area contributed by atoms with Crippen LogP contribution in [0.3, 0.4) is 0 Å². The van der Waals surface area contributed by atoms with Gasteiger partial charge in [-0.2, -0.15) is 0 Å². The average Bonchev–Trinajstić information content (AvgIpc) is 2.96. The lowest BCUT2D eigenvalue weighted by atomic mass is 10.0. The van der Waals surface area contributed by atoms with E-state index in [1.54, 1.807) is 32.2 Å². The molecule has 3 aromatic carbocycles. The second-order valence-electron chi connectivity index (χ2n) is 9.48. The van der Waals surface area contributed by atoms with E-state index in [-0.39, 0.29) is 27.7 Å². The van der Waals surface area contributed by atoms with E-state index in [1.165, 1.54) is 26.4 Å². The summed E-state index contributed by atoms with van der Waals surface area (Å²) in [6.45, 7) is 5.70. The van der Waals surface area contributed by atoms with Crippen LogP contribution in [0.25, 0.3) is 33.3 Å². The molecule has 2 heterocycles. The van der Waals surface area contributed by atoms with Gasteiger partial charge >= 0.3 is 0 Å². The standard InChI is InChI=1S/C17H14O4.C16H18O4/c1-19-13-10-6-9-12-14(18)17(20-2)15(21-16(12)13)11-7-4-3-5-8-11;1-9(2)5-6-11-14(19-4)8-13(18)15-12(17)7-10(3)20-16(11)15/h3-10H,1-2H3;5,7-8,18H,6H2,1-4H3. The predicted molar refractivity (Wildman–Crippen MR) is 160 cm³/mol. The monoisotopic (exact) mass is 556 g/mol. The Morgan fingerprint density at radius 3 is 2.20 bits per heavy atom. The highest BCUT2D eigenvalue weighted by Gasteiger charge is 2.19. The van der Waals surface area contributed by atoms with E-state index in [9.17, 15) is 14.7 Å². The normalized spacial score (nSPS) is 10.6. The van der Waals surface area contributed by atoms with Crippen molar-refractivity contribution in [3.05, 3.63) is 104 Å². The number of hydrogen-bond donors (Lipinski definition) is 1. The van der Waals surface area contributed by atoms with Gasteiger partial charge in [0.05, 0.1) is 26.7 Å². The first-order chi connectivity index (χ1) is 19.7. The highest BCUT2D eigenvalue weighted by molar-refractivity contribution is 5.88. The van der Waals surface area contributed by atoms with E-state index < -0.39 is 0 Å². The molecule has 0 atom stereocenters. The summed E-state index contributed by atoms with van der Waals surface area (Å²) < 4.78 is 27.4. The molecule has 0 saturated heterocycles. The molecule has 0 amide bonds. The van der Waals surface area contributed by atoms with E-state index in [4.69, 9.17) is 23.0 Å². The number of phenolic OH excluding ortho intramolecular Hbond substituents is 1. The highest BCUT2D eigenvalue weighted by Crippen LogP contribution is 2.35. The summed E-state index contributed by atoms with van der Waals surface area (Å²) in [4.78, 5) is 24.6. The van der Waals surface area contributed by atoms with Crippen molar-refractivity contribution in [2.24, 2.45) is 0 Å². The number of para-hydroxylation sites is 1. The number of phenols is 1. The van der Waals surface area contributed by atoms with Crippen LogP contribution in [0.2, 0.25) is 0 Å². The summed E-state index contributed by atoms with van der Waals surface area (Å²) in [6.07, 6.45) is 2.60. The molecule has 41 heavy (non-hydrogen) atoms. The Balaban J connectivity index is 0.000000189. The van der Waals surface area contributed by atoms with E-state index in [0.717, 1.165) is 16.7 Å². The van der Waals surface area contributed by atoms with Gasteiger partial charge in [-0.3, -0.25) is 9.59 Å². The van der Waals surface area contributed by atoms with Crippen molar-refractivity contribution in [1.29, 1.82) is 0 Å². The van der Waals surface area contributed by atoms with Gasteiger partial charge in [-0.1, -0.05) is 48.0 Å². The summed E-state index contributed by atoms with van der Waals surface area (Å²) >= 11 is 0. The Labute approximate surface area is 237 Å². The third-order valence-corrected chi connectivity index (χ3v) is 6.40. The minimum absolute atomic E-state index is 0.119. The van der Waals surface area contributed by atoms with Gasteiger partial charge in [-0.25, -0.2) is 0 Å². The van der Waals surface area contributed by atoms with Crippen LogP contribution in [0, 0.1) is 6.92 Å². The lowest BCUT2D eigenvalue weighted by molar-refractivity contribution is 0.391. The minimum atomic E-state index is -0.248. The second kappa shape index (κ2) is 12.5. The van der Waals surface area contributed by atoms with Crippen molar-refractivity contribution in [3.8, 4) is 34.3 Å². The van der Waals surface area contributed by atoms with Gasteiger partial charge < -0.3 is 28.2 Å². The summed E-state index contributed by atoms with van der Waals surface area (Å²) in [7, 11) is 4.53. The number of fused-ring (bicyclic) bond motifs is 2. The van der Waals surface area contributed by atoms with Gasteiger partial charge in [-0.05, 0) is 39.3 Å². The molecular formula is C33H32O8. The first-order valence-electron chi connectivity index (χ1n) is 12.9. The van der Waals surface area contributed by atoms with Crippen LogP contribution < -0.4 is 25.1 Å². The van der Waals surface area contributed by atoms with Crippen molar-refractivity contribution in [2.45, 2.75) is 27.2 Å². The van der Waals surface area contributed by atoms with Crippen LogP contribution in [0.1, 0.15) is 25.2 Å². The van der Waals surface area contributed by atoms with E-state index >= 15 is 0 Å². The number of benzene rings is 3. The molecular weight excluding hydrogens is 524 g/mol. The molecule has 212 valence electrons. The summed E-state index contributed by atoms with van der Waals surface area (Å²) in [5.74, 6) is 2.02. The van der Waals surface area contributed by atoms with E-state index in [2.05, 4.69) is 0 Å². The van der Waals surface area contributed by atoms with Crippen molar-refractivity contribution < 1.29 is 28.2 Å². The number of rotatable bonds is 6. The molecule has 0 aliphatic heterocycles. The van der Waals surface area contributed by atoms with Gasteiger partial charge in [0.2, 0.25) is 11.2 Å². The Morgan fingerprint density at radius 1 is 0.854 bits per heavy atom. The molecule has 0 bridgehead atoms. The van der Waals surface area contributed by atoms with Crippen molar-refractivity contribution >= 4 is 21.9 Å². The number of aromatic hydroxyl groups is 1. The smallest absolute Gasteiger partial charge is 0.235 e. The predicted octanol–water partition coefficient (Wildman–Crippen LogP) is 6.80. The Bertz CT molecular complexity index is 1840. The summed E-state index contributed by atoms with van der Waals surface area (Å²) in [5, 5.41) is 10.6. The number of hydrogen-bond acceptors (Lipinski definition) is 8. The number of methoxy groups -OCH3 is 3. The minimum Gasteiger partial charge on any atom is -0.507 e. The maximum absolute atomic E-state index is 12.6. The molecule has 1 N–H and O–H groups in total. The maximum atomic E-state index is 12.6. The molecule has 8 nitrogen and oxygen atoms in total. The number of allylic oxidation sites excluding steroid dienone is 2. The topological polar surface area (TPSA) is 108 Å². The fraction of sp³-hybridized carbons (Fsp3) is 0.212. The second-order valence-corrected chi connectivity index (χ2v) is 9.48. The molecule has 0 radical (unpaired) electrons. The quantitative estimate of drug-likeness (QED) is 0.228. The largest absolute Gasteiger partial charge is 0.507 e. The molecule has 0 saturated carbocycles. The molecule has 0 aliphatic carbocycles. The van der Waals surface area contributed by atoms with Crippen LogP contribution >= 0.6 is 0 Å². The van der Waals surface area contributed by atoms with Gasteiger partial charge in [0.1, 0.15) is 28.2 Å². The summed E-state index contributed by atoms with van der Waals surface area (Å²) in [6, 6.07) is 17.4. The molecule has 0 aliphatic rings. The molecule has 8 heteroatoms. The average molecular weight is 557 g/mol.